The van der Waals surface area contributed by atoms with Crippen LogP contribution in [0, 0.1) is 38.5 Å². The van der Waals surface area contributed by atoms with Crippen LogP contribution in [0.4, 0.5) is 0 Å². The van der Waals surface area contributed by atoms with Gasteiger partial charge in [-0.05, 0) is 81.9 Å². The van der Waals surface area contributed by atoms with Gasteiger partial charge in [0.25, 0.3) is 0 Å². The third kappa shape index (κ3) is 3.84. The fraction of sp³-hybridized carbons (Fsp3) is 0.591. The minimum absolute atomic E-state index is 0.0911. The van der Waals surface area contributed by atoms with Gasteiger partial charge in [0.2, 0.25) is 5.91 Å². The first kappa shape index (κ1) is 19.5. The average molecular weight is 399 g/mol. The van der Waals surface area contributed by atoms with E-state index in [1.165, 1.54) is 48.6 Å². The van der Waals surface area contributed by atoms with Crippen LogP contribution >= 0.6 is 11.8 Å². The molecule has 2 fully saturated rings. The van der Waals surface area contributed by atoms with Crippen LogP contribution in [0.5, 0.6) is 0 Å². The number of nitrogens with one attached hydrogen (secondary N) is 1. The van der Waals surface area contributed by atoms with Crippen molar-refractivity contribution in [1.29, 1.82) is 0 Å². The van der Waals surface area contributed by atoms with Crippen LogP contribution in [0.15, 0.2) is 23.4 Å². The van der Waals surface area contributed by atoms with Gasteiger partial charge < -0.3 is 5.32 Å². The Balaban J connectivity index is 1.40. The van der Waals surface area contributed by atoms with E-state index < -0.39 is 0 Å². The summed E-state index contributed by atoms with van der Waals surface area (Å²) >= 11 is 1.46. The zero-order chi connectivity index (χ0) is 19.8. The van der Waals surface area contributed by atoms with Crippen LogP contribution in [-0.4, -0.2) is 32.5 Å². The van der Waals surface area contributed by atoms with Gasteiger partial charge in [-0.1, -0.05) is 30.3 Å². The molecule has 0 saturated heterocycles. The highest BCUT2D eigenvalue weighted by Crippen LogP contribution is 2.49. The zero-order valence-electron chi connectivity index (χ0n) is 17.2. The molecule has 150 valence electrons. The fourth-order valence-electron chi connectivity index (χ4n) is 5.11. The molecule has 1 N–H and O–H groups in total. The molecule has 0 aliphatic heterocycles. The number of nitrogens with zero attached hydrogens (tertiary/aromatic N) is 3. The van der Waals surface area contributed by atoms with E-state index in [1.807, 2.05) is 6.92 Å². The van der Waals surface area contributed by atoms with Crippen molar-refractivity contribution < 1.29 is 4.79 Å². The van der Waals surface area contributed by atoms with Gasteiger partial charge in [0.1, 0.15) is 5.82 Å². The third-order valence-electron chi connectivity index (χ3n) is 6.56. The summed E-state index contributed by atoms with van der Waals surface area (Å²) in [5.41, 5.74) is 3.45. The van der Waals surface area contributed by atoms with Crippen molar-refractivity contribution in [3.05, 3.63) is 35.2 Å². The lowest BCUT2D eigenvalue weighted by atomic mass is 9.84. The number of fused-ring (bicyclic) bond motifs is 2. The molecule has 1 aromatic heterocycles. The first-order valence-corrected chi connectivity index (χ1v) is 11.3. The molecule has 6 heteroatoms. The fourth-order valence-corrected chi connectivity index (χ4v) is 5.91. The van der Waals surface area contributed by atoms with Crippen LogP contribution in [0.3, 0.4) is 0 Å². The van der Waals surface area contributed by atoms with E-state index in [0.29, 0.717) is 11.7 Å². The smallest absolute Gasteiger partial charge is 0.230 e. The molecule has 2 saturated carbocycles. The minimum atomic E-state index is 0.0911. The molecule has 1 aromatic carbocycles. The number of thioether (sulfide) groups is 1. The van der Waals surface area contributed by atoms with Crippen molar-refractivity contribution in [3.8, 4) is 5.69 Å². The van der Waals surface area contributed by atoms with Crippen molar-refractivity contribution in [1.82, 2.24) is 20.1 Å². The van der Waals surface area contributed by atoms with Crippen LogP contribution in [0.25, 0.3) is 5.69 Å². The summed E-state index contributed by atoms with van der Waals surface area (Å²) in [5.74, 6) is 3.69. The number of hydrogen-bond acceptors (Lipinski definition) is 4. The zero-order valence-corrected chi connectivity index (χ0v) is 18.1. The Morgan fingerprint density at radius 1 is 1.25 bits per heavy atom. The van der Waals surface area contributed by atoms with Crippen molar-refractivity contribution in [2.24, 2.45) is 17.8 Å². The molecule has 4 unspecified atom stereocenters. The Labute approximate surface area is 171 Å². The van der Waals surface area contributed by atoms with Gasteiger partial charge in [0.15, 0.2) is 5.16 Å². The molecular weight excluding hydrogens is 368 g/mol. The maximum atomic E-state index is 12.6. The SMILES string of the molecule is Cc1ccc(C)c(-n2c(C)nnc2SCC(=O)NC(C)C2CC3CCC2C3)c1. The van der Waals surface area contributed by atoms with E-state index >= 15 is 0 Å². The number of carbonyl (C=O) groups excluding carboxylic acids is 1. The predicted octanol–water partition coefficient (Wildman–Crippen LogP) is 4.23. The van der Waals surface area contributed by atoms with E-state index in [4.69, 9.17) is 0 Å². The van der Waals surface area contributed by atoms with Gasteiger partial charge >= 0.3 is 0 Å². The molecule has 2 aliphatic rings. The maximum Gasteiger partial charge on any atom is 0.230 e. The molecule has 5 nitrogen and oxygen atoms in total. The second-order valence-electron chi connectivity index (χ2n) is 8.64. The van der Waals surface area contributed by atoms with Gasteiger partial charge in [-0.3, -0.25) is 9.36 Å². The lowest BCUT2D eigenvalue weighted by Gasteiger charge is -2.28. The number of rotatable bonds is 6. The number of amides is 1. The highest BCUT2D eigenvalue weighted by Gasteiger charge is 2.42. The summed E-state index contributed by atoms with van der Waals surface area (Å²) in [6, 6.07) is 6.63. The highest BCUT2D eigenvalue weighted by molar-refractivity contribution is 7.99. The van der Waals surface area contributed by atoms with E-state index in [9.17, 15) is 4.79 Å². The Bertz CT molecular complexity index is 877. The van der Waals surface area contributed by atoms with Gasteiger partial charge in [-0.15, -0.1) is 10.2 Å². The normalized spacial score (nSPS) is 24.5. The third-order valence-corrected chi connectivity index (χ3v) is 7.49. The number of aryl methyl sites for hydroxylation is 3. The summed E-state index contributed by atoms with van der Waals surface area (Å²) in [6.07, 6.45) is 5.41. The first-order valence-electron chi connectivity index (χ1n) is 10.3. The molecule has 2 aromatic rings. The molecule has 4 atom stereocenters. The predicted molar refractivity (Wildman–Crippen MR) is 113 cm³/mol. The first-order chi connectivity index (χ1) is 13.4. The standard InChI is InChI=1S/C22H30N4OS/c1-13-5-6-14(2)20(9-13)26-16(4)24-25-22(26)28-12-21(27)23-15(3)19-11-17-7-8-18(19)10-17/h5-6,9,15,17-19H,7-8,10-12H2,1-4H3,(H,23,27). The van der Waals surface area contributed by atoms with Crippen molar-refractivity contribution in [3.63, 3.8) is 0 Å². The Morgan fingerprint density at radius 2 is 2.07 bits per heavy atom. The van der Waals surface area contributed by atoms with Crippen molar-refractivity contribution in [2.45, 2.75) is 64.6 Å². The van der Waals surface area contributed by atoms with E-state index in [0.717, 1.165) is 28.5 Å². The lowest BCUT2D eigenvalue weighted by molar-refractivity contribution is -0.119. The van der Waals surface area contributed by atoms with E-state index in [2.05, 4.69) is 59.1 Å². The maximum absolute atomic E-state index is 12.6. The summed E-state index contributed by atoms with van der Waals surface area (Å²) < 4.78 is 2.06. The van der Waals surface area contributed by atoms with Gasteiger partial charge in [0.05, 0.1) is 11.4 Å². The molecule has 28 heavy (non-hydrogen) atoms. The number of benzene rings is 1. The number of aromatic nitrogens is 3. The lowest BCUT2D eigenvalue weighted by Crippen LogP contribution is -2.40. The number of hydrogen-bond donors (Lipinski definition) is 1. The van der Waals surface area contributed by atoms with Crippen LogP contribution in [-0.2, 0) is 4.79 Å². The molecular formula is C22H30N4OS. The van der Waals surface area contributed by atoms with E-state index in [-0.39, 0.29) is 11.9 Å². The summed E-state index contributed by atoms with van der Waals surface area (Å²) in [4.78, 5) is 12.6. The molecule has 2 aliphatic carbocycles. The molecule has 2 bridgehead atoms. The monoisotopic (exact) mass is 398 g/mol. The van der Waals surface area contributed by atoms with Crippen LogP contribution < -0.4 is 5.32 Å². The van der Waals surface area contributed by atoms with Gasteiger partial charge in [-0.2, -0.15) is 0 Å². The average Bonchev–Trinajstić information content (AvgIpc) is 3.38. The van der Waals surface area contributed by atoms with Gasteiger partial charge in [-0.25, -0.2) is 0 Å². The summed E-state index contributed by atoms with van der Waals surface area (Å²) in [7, 11) is 0. The summed E-state index contributed by atoms with van der Waals surface area (Å²) in [5, 5.41) is 12.6. The Morgan fingerprint density at radius 3 is 2.79 bits per heavy atom. The second-order valence-corrected chi connectivity index (χ2v) is 9.58. The number of carbonyl (C=O) groups is 1. The van der Waals surface area contributed by atoms with Crippen LogP contribution in [0.1, 0.15) is 49.6 Å². The van der Waals surface area contributed by atoms with Crippen molar-refractivity contribution >= 4 is 17.7 Å². The molecule has 1 amide bonds. The Hall–Kier alpha value is -1.82. The largest absolute Gasteiger partial charge is 0.353 e. The second kappa shape index (κ2) is 7.90. The highest BCUT2D eigenvalue weighted by atomic mass is 32.2. The molecule has 1 heterocycles. The molecule has 0 radical (unpaired) electrons. The Kier molecular flexibility index (Phi) is 5.50. The van der Waals surface area contributed by atoms with E-state index in [1.54, 1.807) is 0 Å². The minimum Gasteiger partial charge on any atom is -0.353 e. The molecule has 4 rings (SSSR count). The summed E-state index contributed by atoms with van der Waals surface area (Å²) in [6.45, 7) is 8.30. The van der Waals surface area contributed by atoms with Crippen molar-refractivity contribution in [2.75, 3.05) is 5.75 Å². The molecule has 0 spiro atoms. The van der Waals surface area contributed by atoms with Gasteiger partial charge in [0, 0.05) is 6.04 Å². The topological polar surface area (TPSA) is 59.8 Å². The quantitative estimate of drug-likeness (QED) is 0.740. The van der Waals surface area contributed by atoms with Crippen LogP contribution in [0.2, 0.25) is 0 Å².